The SMILES string of the molecule is CSCCCN1CCC[C@@H](CNS(=O)(=O)c2cccc3cccnc23)C1. The third kappa shape index (κ3) is 4.97. The highest BCUT2D eigenvalue weighted by molar-refractivity contribution is 7.98. The van der Waals surface area contributed by atoms with Gasteiger partial charge >= 0.3 is 0 Å². The molecule has 0 radical (unpaired) electrons. The molecule has 0 saturated carbocycles. The summed E-state index contributed by atoms with van der Waals surface area (Å²) in [5.74, 6) is 1.55. The minimum Gasteiger partial charge on any atom is -0.303 e. The fraction of sp³-hybridized carbons (Fsp3) is 0.526. The number of hydrogen-bond donors (Lipinski definition) is 1. The highest BCUT2D eigenvalue weighted by Gasteiger charge is 2.23. The molecule has 0 spiro atoms. The van der Waals surface area contributed by atoms with Crippen LogP contribution in [0.2, 0.25) is 0 Å². The number of piperidine rings is 1. The number of fused-ring (bicyclic) bond motifs is 1. The fourth-order valence-corrected chi connectivity index (χ4v) is 5.26. The van der Waals surface area contributed by atoms with Crippen LogP contribution >= 0.6 is 11.8 Å². The van der Waals surface area contributed by atoms with Crippen LogP contribution in [0.5, 0.6) is 0 Å². The van der Waals surface area contributed by atoms with E-state index in [0.717, 1.165) is 37.9 Å². The fourth-order valence-electron chi connectivity index (χ4n) is 3.55. The number of sulfonamides is 1. The van der Waals surface area contributed by atoms with Crippen molar-refractivity contribution in [3.8, 4) is 0 Å². The number of para-hydroxylation sites is 1. The average molecular weight is 394 g/mol. The van der Waals surface area contributed by atoms with Crippen LogP contribution in [0, 0.1) is 5.92 Å². The zero-order valence-electron chi connectivity index (χ0n) is 15.2. The lowest BCUT2D eigenvalue weighted by Crippen LogP contribution is -2.41. The first-order chi connectivity index (χ1) is 12.6. The molecule has 1 aromatic heterocycles. The zero-order chi connectivity index (χ0) is 18.4. The predicted octanol–water partition coefficient (Wildman–Crippen LogP) is 2.98. The maximum absolute atomic E-state index is 12.8. The van der Waals surface area contributed by atoms with Gasteiger partial charge in [-0.2, -0.15) is 11.8 Å². The summed E-state index contributed by atoms with van der Waals surface area (Å²) in [7, 11) is -3.56. The van der Waals surface area contributed by atoms with Gasteiger partial charge in [-0.3, -0.25) is 4.98 Å². The van der Waals surface area contributed by atoms with Gasteiger partial charge in [0.05, 0.1) is 5.52 Å². The Kier molecular flexibility index (Phi) is 6.92. The van der Waals surface area contributed by atoms with Gasteiger partial charge in [0.2, 0.25) is 10.0 Å². The molecule has 1 saturated heterocycles. The van der Waals surface area contributed by atoms with E-state index >= 15 is 0 Å². The largest absolute Gasteiger partial charge is 0.303 e. The highest BCUT2D eigenvalue weighted by atomic mass is 32.2. The maximum atomic E-state index is 12.8. The molecule has 1 fully saturated rings. The van der Waals surface area contributed by atoms with Gasteiger partial charge in [-0.1, -0.05) is 18.2 Å². The van der Waals surface area contributed by atoms with Crippen molar-refractivity contribution < 1.29 is 8.42 Å². The van der Waals surface area contributed by atoms with E-state index in [1.54, 1.807) is 18.3 Å². The van der Waals surface area contributed by atoms with Crippen molar-refractivity contribution in [3.63, 3.8) is 0 Å². The molecule has 1 aliphatic heterocycles. The first-order valence-corrected chi connectivity index (χ1v) is 12.0. The average Bonchev–Trinajstić information content (AvgIpc) is 2.67. The van der Waals surface area contributed by atoms with E-state index in [1.165, 1.54) is 12.2 Å². The number of benzene rings is 1. The molecule has 2 aromatic rings. The van der Waals surface area contributed by atoms with Crippen molar-refractivity contribution in [2.75, 3.05) is 38.2 Å². The predicted molar refractivity (Wildman–Crippen MR) is 109 cm³/mol. The molecule has 1 aliphatic rings. The summed E-state index contributed by atoms with van der Waals surface area (Å²) in [5, 5.41) is 0.841. The van der Waals surface area contributed by atoms with E-state index in [2.05, 4.69) is 20.9 Å². The molecule has 0 bridgehead atoms. The van der Waals surface area contributed by atoms with Crippen molar-refractivity contribution in [3.05, 3.63) is 36.5 Å². The second-order valence-corrected chi connectivity index (χ2v) is 9.56. The first kappa shape index (κ1) is 19.6. The van der Waals surface area contributed by atoms with Gasteiger partial charge in [0, 0.05) is 24.7 Å². The van der Waals surface area contributed by atoms with Crippen LogP contribution < -0.4 is 4.72 Å². The lowest BCUT2D eigenvalue weighted by atomic mass is 9.98. The number of nitrogens with one attached hydrogen (secondary N) is 1. The van der Waals surface area contributed by atoms with E-state index in [4.69, 9.17) is 0 Å². The van der Waals surface area contributed by atoms with Gasteiger partial charge in [-0.25, -0.2) is 13.1 Å². The van der Waals surface area contributed by atoms with Gasteiger partial charge in [-0.05, 0) is 62.4 Å². The number of rotatable bonds is 8. The standard InChI is InChI=1S/C19H27N3O2S2/c1-25-13-5-12-22-11-4-6-16(15-22)14-21-26(23,24)18-9-2-7-17-8-3-10-20-19(17)18/h2-3,7-10,16,21H,4-6,11-15H2,1H3/t16-/m0/s1. The Morgan fingerprint density at radius 3 is 3.00 bits per heavy atom. The normalized spacial score (nSPS) is 19.0. The van der Waals surface area contributed by atoms with Crippen LogP contribution in [0.1, 0.15) is 19.3 Å². The minimum absolute atomic E-state index is 0.267. The zero-order valence-corrected chi connectivity index (χ0v) is 16.9. The number of likely N-dealkylation sites (tertiary alicyclic amines) is 1. The van der Waals surface area contributed by atoms with E-state index < -0.39 is 10.0 Å². The molecule has 142 valence electrons. The molecular formula is C19H27N3O2S2. The van der Waals surface area contributed by atoms with E-state index in [-0.39, 0.29) is 4.90 Å². The number of thioether (sulfide) groups is 1. The van der Waals surface area contributed by atoms with Crippen LogP contribution in [-0.4, -0.2) is 56.5 Å². The third-order valence-corrected chi connectivity index (χ3v) is 7.03. The number of nitrogens with zero attached hydrogens (tertiary/aromatic N) is 2. The van der Waals surface area contributed by atoms with E-state index in [0.29, 0.717) is 18.0 Å². The lowest BCUT2D eigenvalue weighted by molar-refractivity contribution is 0.177. The monoisotopic (exact) mass is 393 g/mol. The summed E-state index contributed by atoms with van der Waals surface area (Å²) in [4.78, 5) is 7.00. The summed E-state index contributed by atoms with van der Waals surface area (Å²) >= 11 is 1.88. The number of hydrogen-bond acceptors (Lipinski definition) is 5. The Hall–Kier alpha value is -1.15. The molecule has 3 rings (SSSR count). The molecule has 0 unspecified atom stereocenters. The molecule has 5 nitrogen and oxygen atoms in total. The summed E-state index contributed by atoms with van der Waals surface area (Å²) in [6.45, 7) is 3.71. The summed E-state index contributed by atoms with van der Waals surface area (Å²) < 4.78 is 28.5. The molecule has 7 heteroatoms. The van der Waals surface area contributed by atoms with Crippen LogP contribution in [0.15, 0.2) is 41.4 Å². The summed E-state index contributed by atoms with van der Waals surface area (Å²) in [5.41, 5.74) is 0.532. The van der Waals surface area contributed by atoms with Crippen molar-refractivity contribution in [2.24, 2.45) is 5.92 Å². The quantitative estimate of drug-likeness (QED) is 0.699. The van der Waals surface area contributed by atoms with Crippen LogP contribution in [0.4, 0.5) is 0 Å². The van der Waals surface area contributed by atoms with Crippen LogP contribution in [-0.2, 0) is 10.0 Å². The molecule has 1 atom stereocenters. The lowest BCUT2D eigenvalue weighted by Gasteiger charge is -2.32. The van der Waals surface area contributed by atoms with Crippen molar-refractivity contribution in [2.45, 2.75) is 24.2 Å². The topological polar surface area (TPSA) is 62.3 Å². The number of aromatic nitrogens is 1. The van der Waals surface area contributed by atoms with Gasteiger partial charge in [-0.15, -0.1) is 0 Å². The molecule has 1 N–H and O–H groups in total. The molecule has 1 aromatic carbocycles. The molecule has 0 aliphatic carbocycles. The minimum atomic E-state index is -3.56. The van der Waals surface area contributed by atoms with Gasteiger partial charge < -0.3 is 4.90 Å². The Bertz CT molecular complexity index is 821. The summed E-state index contributed by atoms with van der Waals surface area (Å²) in [6, 6.07) is 8.99. The van der Waals surface area contributed by atoms with Crippen molar-refractivity contribution in [1.82, 2.24) is 14.6 Å². The Morgan fingerprint density at radius 1 is 1.31 bits per heavy atom. The van der Waals surface area contributed by atoms with Gasteiger partial charge in [0.1, 0.15) is 4.90 Å². The van der Waals surface area contributed by atoms with Gasteiger partial charge in [0.15, 0.2) is 0 Å². The Balaban J connectivity index is 1.63. The molecular weight excluding hydrogens is 366 g/mol. The highest BCUT2D eigenvalue weighted by Crippen LogP contribution is 2.22. The second-order valence-electron chi connectivity index (χ2n) is 6.84. The van der Waals surface area contributed by atoms with Crippen molar-refractivity contribution >= 4 is 32.7 Å². The first-order valence-electron chi connectivity index (χ1n) is 9.15. The van der Waals surface area contributed by atoms with Crippen LogP contribution in [0.3, 0.4) is 0 Å². The van der Waals surface area contributed by atoms with Crippen molar-refractivity contribution in [1.29, 1.82) is 0 Å². The number of pyridine rings is 1. The maximum Gasteiger partial charge on any atom is 0.242 e. The smallest absolute Gasteiger partial charge is 0.242 e. The van der Waals surface area contributed by atoms with E-state index in [9.17, 15) is 8.42 Å². The summed E-state index contributed by atoms with van der Waals surface area (Å²) in [6.07, 6.45) is 7.18. The molecule has 26 heavy (non-hydrogen) atoms. The molecule has 0 amide bonds. The second kappa shape index (κ2) is 9.17. The van der Waals surface area contributed by atoms with Gasteiger partial charge in [0.25, 0.3) is 0 Å². The molecule has 2 heterocycles. The Morgan fingerprint density at radius 2 is 2.15 bits per heavy atom. The van der Waals surface area contributed by atoms with Crippen LogP contribution in [0.25, 0.3) is 10.9 Å². The third-order valence-electron chi connectivity index (χ3n) is 4.87. The Labute approximate surface area is 160 Å². The van der Waals surface area contributed by atoms with E-state index in [1.807, 2.05) is 30.0 Å².